The van der Waals surface area contributed by atoms with Crippen LogP contribution in [0, 0.1) is 0 Å². The monoisotopic (exact) mass is 496 g/mol. The number of esters is 1. The van der Waals surface area contributed by atoms with Crippen LogP contribution in [0.4, 0.5) is 0 Å². The highest BCUT2D eigenvalue weighted by molar-refractivity contribution is 7.46. The Bertz CT molecular complexity index is 1040. The predicted octanol–water partition coefficient (Wildman–Crippen LogP) is 2.04. The summed E-state index contributed by atoms with van der Waals surface area (Å²) < 4.78 is 42.8. The summed E-state index contributed by atoms with van der Waals surface area (Å²) in [6.45, 7) is -0.917. The molecule has 12 heteroatoms. The summed E-state index contributed by atoms with van der Waals surface area (Å²) >= 11 is 0. The number of carbonyl (C=O) groups excluding carboxylic acids is 1. The molecule has 2 unspecified atom stereocenters. The van der Waals surface area contributed by atoms with E-state index in [9.17, 15) is 24.3 Å². The molecule has 3 N–H and O–H groups in total. The van der Waals surface area contributed by atoms with Crippen molar-refractivity contribution >= 4 is 13.8 Å². The van der Waals surface area contributed by atoms with Crippen LogP contribution in [0.2, 0.25) is 0 Å². The third-order valence-corrected chi connectivity index (χ3v) is 5.33. The number of cyclic esters (lactones) is 1. The molecule has 0 radical (unpaired) electrons. The fourth-order valence-corrected chi connectivity index (χ4v) is 3.63. The number of phosphoric acid groups is 1. The molecule has 0 saturated carbocycles. The molecule has 0 aromatic heterocycles. The van der Waals surface area contributed by atoms with Crippen LogP contribution in [-0.4, -0.2) is 53.9 Å². The first kappa shape index (κ1) is 25.5. The maximum absolute atomic E-state index is 12.5. The van der Waals surface area contributed by atoms with E-state index in [1.807, 2.05) is 0 Å². The van der Waals surface area contributed by atoms with Gasteiger partial charge in [0.15, 0.2) is 11.9 Å². The van der Waals surface area contributed by atoms with Crippen molar-refractivity contribution in [1.29, 1.82) is 0 Å². The lowest BCUT2D eigenvalue weighted by atomic mass is 10.1. The standard InChI is InChI=1S/C22H25O11P/c1-28-16-7-3-14(4-8-16)12-30-20-19(18(11-23)33-34(25,26)27)32-22(24)21(20)31-13-15-5-9-17(29-2)10-6-15/h3-10,18-19,23H,11-13H2,1-2H3,(H2,25,26,27). The van der Waals surface area contributed by atoms with E-state index in [0.717, 1.165) is 0 Å². The van der Waals surface area contributed by atoms with E-state index in [4.69, 9.17) is 23.7 Å². The number of hydrogen-bond donors (Lipinski definition) is 3. The van der Waals surface area contributed by atoms with Crippen molar-refractivity contribution < 1.29 is 52.5 Å². The lowest BCUT2D eigenvalue weighted by Gasteiger charge is -2.23. The number of benzene rings is 2. The number of ether oxygens (including phenoxy) is 5. The third kappa shape index (κ3) is 6.72. The van der Waals surface area contributed by atoms with Gasteiger partial charge in [-0.15, -0.1) is 0 Å². The van der Waals surface area contributed by atoms with Gasteiger partial charge in [-0.3, -0.25) is 4.52 Å². The maximum Gasteiger partial charge on any atom is 0.470 e. The Labute approximate surface area is 195 Å². The number of aliphatic hydroxyl groups is 1. The Balaban J connectivity index is 1.84. The van der Waals surface area contributed by atoms with Crippen LogP contribution in [0.25, 0.3) is 0 Å². The summed E-state index contributed by atoms with van der Waals surface area (Å²) in [5.74, 6) is -0.0776. The minimum Gasteiger partial charge on any atom is -0.497 e. The van der Waals surface area contributed by atoms with Crippen molar-refractivity contribution in [3.05, 3.63) is 71.2 Å². The quantitative estimate of drug-likeness (QED) is 0.293. The van der Waals surface area contributed by atoms with Crippen molar-refractivity contribution in [2.45, 2.75) is 25.4 Å². The fraction of sp³-hybridized carbons (Fsp3) is 0.318. The number of rotatable bonds is 12. The van der Waals surface area contributed by atoms with Crippen molar-refractivity contribution in [3.8, 4) is 11.5 Å². The average molecular weight is 496 g/mol. The van der Waals surface area contributed by atoms with Gasteiger partial charge >= 0.3 is 13.8 Å². The van der Waals surface area contributed by atoms with Crippen LogP contribution >= 0.6 is 7.82 Å². The van der Waals surface area contributed by atoms with Gasteiger partial charge < -0.3 is 38.6 Å². The third-order valence-electron chi connectivity index (χ3n) is 4.79. The van der Waals surface area contributed by atoms with Crippen LogP contribution in [0.1, 0.15) is 11.1 Å². The van der Waals surface area contributed by atoms with Gasteiger partial charge in [0, 0.05) is 0 Å². The summed E-state index contributed by atoms with van der Waals surface area (Å²) in [5.41, 5.74) is 1.42. The molecule has 34 heavy (non-hydrogen) atoms. The molecule has 0 saturated heterocycles. The highest BCUT2D eigenvalue weighted by atomic mass is 31.2. The van der Waals surface area contributed by atoms with Crippen LogP contribution in [0.5, 0.6) is 11.5 Å². The molecular formula is C22H25O11P. The van der Waals surface area contributed by atoms with E-state index in [1.165, 1.54) is 14.2 Å². The molecule has 1 aliphatic rings. The summed E-state index contributed by atoms with van der Waals surface area (Å²) in [7, 11) is -1.94. The van der Waals surface area contributed by atoms with Crippen molar-refractivity contribution in [2.24, 2.45) is 0 Å². The largest absolute Gasteiger partial charge is 0.497 e. The topological polar surface area (TPSA) is 150 Å². The first-order chi connectivity index (χ1) is 16.2. The van der Waals surface area contributed by atoms with Crippen molar-refractivity contribution in [2.75, 3.05) is 20.8 Å². The fourth-order valence-electron chi connectivity index (χ4n) is 3.10. The predicted molar refractivity (Wildman–Crippen MR) is 116 cm³/mol. The molecule has 3 rings (SSSR count). The van der Waals surface area contributed by atoms with Gasteiger partial charge in [-0.1, -0.05) is 24.3 Å². The Morgan fingerprint density at radius 2 is 1.41 bits per heavy atom. The summed E-state index contributed by atoms with van der Waals surface area (Å²) in [6, 6.07) is 13.8. The number of aliphatic hydroxyl groups excluding tert-OH is 1. The van der Waals surface area contributed by atoms with Crippen molar-refractivity contribution in [1.82, 2.24) is 0 Å². The molecule has 1 heterocycles. The van der Waals surface area contributed by atoms with E-state index in [2.05, 4.69) is 4.52 Å². The molecule has 2 aromatic carbocycles. The number of methoxy groups -OCH3 is 2. The summed E-state index contributed by atoms with van der Waals surface area (Å²) in [5, 5.41) is 9.64. The van der Waals surface area contributed by atoms with Gasteiger partial charge in [0.2, 0.25) is 5.76 Å². The van der Waals surface area contributed by atoms with Crippen LogP contribution in [-0.2, 0) is 41.3 Å². The first-order valence-electron chi connectivity index (χ1n) is 10.1. The number of phosphoric ester groups is 1. The van der Waals surface area contributed by atoms with E-state index >= 15 is 0 Å². The van der Waals surface area contributed by atoms with E-state index in [-0.39, 0.29) is 24.7 Å². The lowest BCUT2D eigenvalue weighted by molar-refractivity contribution is -0.148. The smallest absolute Gasteiger partial charge is 0.470 e. The minimum absolute atomic E-state index is 0.0281. The van der Waals surface area contributed by atoms with Crippen LogP contribution < -0.4 is 9.47 Å². The van der Waals surface area contributed by atoms with Crippen LogP contribution in [0.3, 0.4) is 0 Å². The molecule has 184 valence electrons. The second-order valence-electron chi connectivity index (χ2n) is 7.11. The lowest BCUT2D eigenvalue weighted by Crippen LogP contribution is -2.34. The zero-order chi connectivity index (χ0) is 24.7. The average Bonchev–Trinajstić information content (AvgIpc) is 3.14. The van der Waals surface area contributed by atoms with Gasteiger partial charge in [-0.05, 0) is 35.4 Å². The molecule has 2 aromatic rings. The highest BCUT2D eigenvalue weighted by Gasteiger charge is 2.45. The maximum atomic E-state index is 12.5. The van der Waals surface area contributed by atoms with E-state index in [0.29, 0.717) is 22.6 Å². The van der Waals surface area contributed by atoms with Gasteiger partial charge in [-0.2, -0.15) is 0 Å². The van der Waals surface area contributed by atoms with E-state index in [1.54, 1.807) is 48.5 Å². The first-order valence-corrected chi connectivity index (χ1v) is 11.6. The minimum atomic E-state index is -5.01. The molecular weight excluding hydrogens is 471 g/mol. The Kier molecular flexibility index (Phi) is 8.54. The molecule has 0 amide bonds. The second kappa shape index (κ2) is 11.4. The molecule has 2 atom stereocenters. The number of carbonyl (C=O) groups is 1. The highest BCUT2D eigenvalue weighted by Crippen LogP contribution is 2.41. The SMILES string of the molecule is COc1ccc(COC2=C(OCc3ccc(OC)cc3)C(C(CO)OP(=O)(O)O)OC2=O)cc1. The Morgan fingerprint density at radius 3 is 1.85 bits per heavy atom. The van der Waals surface area contributed by atoms with Gasteiger partial charge in [-0.25, -0.2) is 9.36 Å². The Hall–Kier alpha value is -3.08. The normalized spacial score (nSPS) is 16.7. The molecule has 0 aliphatic carbocycles. The molecule has 0 fully saturated rings. The summed E-state index contributed by atoms with van der Waals surface area (Å²) in [6.07, 6.45) is -3.02. The summed E-state index contributed by atoms with van der Waals surface area (Å²) in [4.78, 5) is 30.9. The molecule has 0 bridgehead atoms. The molecule has 0 spiro atoms. The zero-order valence-corrected chi connectivity index (χ0v) is 19.3. The number of hydrogen-bond acceptors (Lipinski definition) is 9. The Morgan fingerprint density at radius 1 is 0.912 bits per heavy atom. The molecule has 1 aliphatic heterocycles. The van der Waals surface area contributed by atoms with Gasteiger partial charge in [0.05, 0.1) is 20.8 Å². The van der Waals surface area contributed by atoms with Gasteiger partial charge in [0.1, 0.15) is 30.8 Å². The van der Waals surface area contributed by atoms with Gasteiger partial charge in [0.25, 0.3) is 0 Å². The molecule has 11 nitrogen and oxygen atoms in total. The van der Waals surface area contributed by atoms with Crippen LogP contribution in [0.15, 0.2) is 60.0 Å². The van der Waals surface area contributed by atoms with Crippen molar-refractivity contribution in [3.63, 3.8) is 0 Å². The zero-order valence-electron chi connectivity index (χ0n) is 18.4. The van der Waals surface area contributed by atoms with E-state index < -0.39 is 32.6 Å². The second-order valence-corrected chi connectivity index (χ2v) is 8.30.